The van der Waals surface area contributed by atoms with Crippen LogP contribution in [0.5, 0.6) is 11.5 Å². The number of hydrogen-bond donors (Lipinski definition) is 0. The molecule has 1 aliphatic heterocycles. The van der Waals surface area contributed by atoms with Crippen LogP contribution >= 0.6 is 23.1 Å². The van der Waals surface area contributed by atoms with E-state index in [4.69, 9.17) is 19.2 Å². The molecule has 0 N–H and O–H groups in total. The van der Waals surface area contributed by atoms with Crippen molar-refractivity contribution in [3.63, 3.8) is 0 Å². The van der Waals surface area contributed by atoms with Crippen molar-refractivity contribution in [2.24, 2.45) is 0 Å². The fourth-order valence-corrected chi connectivity index (χ4v) is 5.95. The summed E-state index contributed by atoms with van der Waals surface area (Å²) in [6.07, 6.45) is 3.54. The maximum atomic E-state index is 13.5. The first-order valence-electron chi connectivity index (χ1n) is 10.9. The van der Waals surface area contributed by atoms with Crippen LogP contribution in [0.2, 0.25) is 0 Å². The average Bonchev–Trinajstić information content (AvgIpc) is 3.52. The van der Waals surface area contributed by atoms with Crippen molar-refractivity contribution < 1.29 is 19.0 Å². The highest BCUT2D eigenvalue weighted by molar-refractivity contribution is 7.99. The second kappa shape index (κ2) is 9.73. The van der Waals surface area contributed by atoms with Gasteiger partial charge in [-0.15, -0.1) is 11.3 Å². The van der Waals surface area contributed by atoms with Gasteiger partial charge in [0, 0.05) is 23.8 Å². The lowest BCUT2D eigenvalue weighted by Crippen LogP contribution is -2.28. The summed E-state index contributed by atoms with van der Waals surface area (Å²) in [4.78, 5) is 36.5. The predicted molar refractivity (Wildman–Crippen MR) is 133 cm³/mol. The highest BCUT2D eigenvalue weighted by atomic mass is 32.2. The van der Waals surface area contributed by atoms with Gasteiger partial charge in [-0.05, 0) is 43.2 Å². The molecular formula is C24H23N3O5S2. The van der Waals surface area contributed by atoms with Gasteiger partial charge in [0.15, 0.2) is 22.4 Å². The molecule has 176 valence electrons. The van der Waals surface area contributed by atoms with E-state index in [9.17, 15) is 9.59 Å². The molecule has 0 amide bonds. The van der Waals surface area contributed by atoms with Gasteiger partial charge in [0.2, 0.25) is 0 Å². The van der Waals surface area contributed by atoms with Crippen molar-refractivity contribution in [2.45, 2.75) is 30.6 Å². The third-order valence-corrected chi connectivity index (χ3v) is 7.83. The predicted octanol–water partition coefficient (Wildman–Crippen LogP) is 4.18. The number of thiophene rings is 1. The van der Waals surface area contributed by atoms with Crippen LogP contribution in [-0.4, -0.2) is 53.0 Å². The largest absolute Gasteiger partial charge is 0.493 e. The number of aromatic nitrogens is 3. The van der Waals surface area contributed by atoms with Gasteiger partial charge in [-0.25, -0.2) is 9.97 Å². The zero-order chi connectivity index (χ0) is 23.7. The van der Waals surface area contributed by atoms with Crippen LogP contribution in [0.25, 0.3) is 20.4 Å². The number of nitrogens with zero attached hydrogens (tertiary/aromatic N) is 3. The Balaban J connectivity index is 1.50. The smallest absolute Gasteiger partial charge is 0.272 e. The van der Waals surface area contributed by atoms with Gasteiger partial charge in [-0.1, -0.05) is 11.8 Å². The van der Waals surface area contributed by atoms with Crippen LogP contribution in [0.1, 0.15) is 23.2 Å². The van der Waals surface area contributed by atoms with Gasteiger partial charge in [-0.2, -0.15) is 0 Å². The second-order valence-electron chi connectivity index (χ2n) is 7.86. The summed E-state index contributed by atoms with van der Waals surface area (Å²) in [5, 5.41) is 1.35. The summed E-state index contributed by atoms with van der Waals surface area (Å²) >= 11 is 2.60. The minimum atomic E-state index is -0.121. The topological polar surface area (TPSA) is 92.5 Å². The van der Waals surface area contributed by atoms with Gasteiger partial charge in [0.05, 0.1) is 38.1 Å². The molecule has 1 saturated heterocycles. The zero-order valence-corrected chi connectivity index (χ0v) is 20.4. The zero-order valence-electron chi connectivity index (χ0n) is 18.8. The van der Waals surface area contributed by atoms with Crippen molar-refractivity contribution >= 4 is 49.3 Å². The number of fused-ring (bicyclic) bond motifs is 3. The first-order valence-corrected chi connectivity index (χ1v) is 12.7. The number of ketones is 1. The van der Waals surface area contributed by atoms with E-state index in [0.29, 0.717) is 45.6 Å². The molecule has 4 aromatic rings. The summed E-state index contributed by atoms with van der Waals surface area (Å²) in [5.74, 6) is 1.08. The Kier molecular flexibility index (Phi) is 6.53. The number of carbonyl (C=O) groups excluding carboxylic acids is 1. The fourth-order valence-electron chi connectivity index (χ4n) is 4.03. The van der Waals surface area contributed by atoms with Crippen molar-refractivity contribution in [1.29, 1.82) is 0 Å². The first kappa shape index (κ1) is 22.8. The highest BCUT2D eigenvalue weighted by Gasteiger charge is 2.23. The molecule has 5 rings (SSSR count). The Hall–Kier alpha value is -2.95. The van der Waals surface area contributed by atoms with Crippen molar-refractivity contribution in [3.8, 4) is 11.5 Å². The van der Waals surface area contributed by atoms with Crippen LogP contribution in [0.4, 0.5) is 0 Å². The van der Waals surface area contributed by atoms with Crippen molar-refractivity contribution in [1.82, 2.24) is 14.5 Å². The number of thioether (sulfide) groups is 1. The Morgan fingerprint density at radius 1 is 1.26 bits per heavy atom. The van der Waals surface area contributed by atoms with Crippen LogP contribution in [-0.2, 0) is 11.3 Å². The maximum absolute atomic E-state index is 13.5. The van der Waals surface area contributed by atoms with E-state index in [1.807, 2.05) is 12.1 Å². The third kappa shape index (κ3) is 4.28. The standard InChI is InChI=1S/C24H23N3O5S2/c1-30-18-8-7-14(11-19(18)31-2)17(28)13-33-24-26-20-16-6-3-9-25-22(16)34-21(20)23(29)27(24)12-15-5-4-10-32-15/h3,6-9,11,15H,4-5,10,12-13H2,1-2H3/t15-/m0/s1. The summed E-state index contributed by atoms with van der Waals surface area (Å²) < 4.78 is 18.6. The highest BCUT2D eigenvalue weighted by Crippen LogP contribution is 2.32. The summed E-state index contributed by atoms with van der Waals surface area (Å²) in [6, 6.07) is 8.83. The molecule has 0 unspecified atom stereocenters. The molecule has 3 aromatic heterocycles. The minimum absolute atomic E-state index is 0.0367. The van der Waals surface area contributed by atoms with Gasteiger partial charge < -0.3 is 14.2 Å². The molecule has 1 atom stereocenters. The molecule has 1 aliphatic rings. The van der Waals surface area contributed by atoms with E-state index >= 15 is 0 Å². The van der Waals surface area contributed by atoms with Gasteiger partial charge >= 0.3 is 0 Å². The number of methoxy groups -OCH3 is 2. The Morgan fingerprint density at radius 2 is 2.12 bits per heavy atom. The summed E-state index contributed by atoms with van der Waals surface area (Å²) in [5.41, 5.74) is 1.01. The molecule has 0 radical (unpaired) electrons. The lowest BCUT2D eigenvalue weighted by molar-refractivity contribution is 0.0938. The van der Waals surface area contributed by atoms with E-state index in [1.54, 1.807) is 36.1 Å². The van der Waals surface area contributed by atoms with E-state index in [1.165, 1.54) is 30.2 Å². The van der Waals surface area contributed by atoms with Crippen LogP contribution in [0.3, 0.4) is 0 Å². The van der Waals surface area contributed by atoms with E-state index < -0.39 is 0 Å². The lowest BCUT2D eigenvalue weighted by atomic mass is 10.1. The Bertz CT molecular complexity index is 1430. The number of benzene rings is 1. The molecule has 1 fully saturated rings. The van der Waals surface area contributed by atoms with Crippen LogP contribution in [0, 0.1) is 0 Å². The second-order valence-corrected chi connectivity index (χ2v) is 9.80. The fraction of sp³-hybridized carbons (Fsp3) is 0.333. The SMILES string of the molecule is COc1ccc(C(=O)CSc2nc3c(sc4ncccc43)c(=O)n2C[C@@H]2CCCO2)cc1OC. The maximum Gasteiger partial charge on any atom is 0.272 e. The summed E-state index contributed by atoms with van der Waals surface area (Å²) in [7, 11) is 3.08. The average molecular weight is 498 g/mol. The number of Topliss-reactive ketones (excluding diaryl/α,β-unsaturated/α-hetero) is 1. The van der Waals surface area contributed by atoms with Gasteiger partial charge in [0.25, 0.3) is 5.56 Å². The van der Waals surface area contributed by atoms with Crippen molar-refractivity contribution in [3.05, 3.63) is 52.4 Å². The quantitative estimate of drug-likeness (QED) is 0.203. The normalized spacial score (nSPS) is 15.8. The molecule has 1 aromatic carbocycles. The Morgan fingerprint density at radius 3 is 2.88 bits per heavy atom. The van der Waals surface area contributed by atoms with Crippen LogP contribution in [0.15, 0.2) is 46.5 Å². The summed E-state index contributed by atoms with van der Waals surface area (Å²) in [6.45, 7) is 1.11. The van der Waals surface area contributed by atoms with Crippen LogP contribution < -0.4 is 15.0 Å². The molecule has 0 aliphatic carbocycles. The Labute approximate surface area is 203 Å². The number of rotatable bonds is 8. The number of ether oxygens (including phenoxy) is 3. The van der Waals surface area contributed by atoms with E-state index in [2.05, 4.69) is 4.98 Å². The molecule has 10 heteroatoms. The minimum Gasteiger partial charge on any atom is -0.493 e. The first-order chi connectivity index (χ1) is 16.6. The van der Waals surface area contributed by atoms with E-state index in [0.717, 1.165) is 23.1 Å². The molecular weight excluding hydrogens is 474 g/mol. The molecule has 0 saturated carbocycles. The monoisotopic (exact) mass is 497 g/mol. The third-order valence-electron chi connectivity index (χ3n) is 5.77. The lowest BCUT2D eigenvalue weighted by Gasteiger charge is -2.15. The number of pyridine rings is 1. The number of carbonyl (C=O) groups is 1. The molecule has 0 spiro atoms. The molecule has 4 heterocycles. The van der Waals surface area contributed by atoms with Gasteiger partial charge in [0.1, 0.15) is 9.53 Å². The number of hydrogen-bond acceptors (Lipinski definition) is 9. The van der Waals surface area contributed by atoms with Crippen molar-refractivity contribution in [2.75, 3.05) is 26.6 Å². The molecule has 8 nitrogen and oxygen atoms in total. The molecule has 34 heavy (non-hydrogen) atoms. The van der Waals surface area contributed by atoms with Gasteiger partial charge in [-0.3, -0.25) is 14.2 Å². The van der Waals surface area contributed by atoms with E-state index in [-0.39, 0.29) is 23.2 Å². The molecule has 0 bridgehead atoms.